The summed E-state index contributed by atoms with van der Waals surface area (Å²) in [7, 11) is 0. The Balaban J connectivity index is 2.98. The first-order chi connectivity index (χ1) is 21.4. The van der Waals surface area contributed by atoms with Crippen LogP contribution in [0, 0.1) is 5.92 Å². The first-order valence-electron chi connectivity index (χ1n) is 14.5. The normalized spacial score (nSPS) is 16.7. The minimum absolute atomic E-state index is 0.00630. The van der Waals surface area contributed by atoms with Crippen molar-refractivity contribution < 1.29 is 48.6 Å². The number of carbonyl (C=O) groups is 8. The van der Waals surface area contributed by atoms with Crippen LogP contribution in [0.5, 0.6) is 0 Å². The standard InChI is InChI=1S/C26H44N10O10/c1-12(2)20(25(45)46)35-22(42)15(10-19(39)40)33-18(38)11-32-21(41)14(5-3-7-31-26(29)30)34-23(43)16-6-4-8-36(16)24(44)13(27)9-17(28)37/h12-16,20H,3-11,27H2,1-2H3,(H2,28,37)(H,32,41)(H,33,38)(H,34,43)(H,35,42)(H,39,40)(H,45,46)(H4,29,30,31). The fourth-order valence-electron chi connectivity index (χ4n) is 4.55. The summed E-state index contributed by atoms with van der Waals surface area (Å²) in [4.78, 5) is 103. The Kier molecular flexibility index (Phi) is 15.9. The van der Waals surface area contributed by atoms with E-state index in [1.165, 1.54) is 18.7 Å². The summed E-state index contributed by atoms with van der Waals surface area (Å²) in [6, 6.07) is -6.51. The fourth-order valence-corrected chi connectivity index (χ4v) is 4.55. The van der Waals surface area contributed by atoms with E-state index in [-0.39, 0.29) is 38.3 Å². The molecule has 1 fully saturated rings. The highest BCUT2D eigenvalue weighted by Gasteiger charge is 2.38. The number of hydrogen-bond acceptors (Lipinski definition) is 10. The molecule has 0 aromatic carbocycles. The van der Waals surface area contributed by atoms with Gasteiger partial charge in [0.05, 0.1) is 25.4 Å². The zero-order valence-electron chi connectivity index (χ0n) is 25.7. The number of carboxylic acids is 2. The Labute approximate surface area is 264 Å². The minimum atomic E-state index is -1.66. The zero-order chi connectivity index (χ0) is 35.1. The SMILES string of the molecule is CC(C)C(NC(=O)C(CC(=O)O)NC(=O)CNC(=O)C(CCCN=C(N)N)NC(=O)C1CCCN1C(=O)C(N)CC(N)=O)C(=O)O. The molecule has 0 saturated carbocycles. The number of nitrogens with two attached hydrogens (primary N) is 4. The van der Waals surface area contributed by atoms with Crippen LogP contribution < -0.4 is 44.2 Å². The number of amides is 6. The number of carbonyl (C=O) groups excluding carboxylic acids is 6. The molecule has 20 nitrogen and oxygen atoms in total. The number of primary amides is 1. The third kappa shape index (κ3) is 13.3. The highest BCUT2D eigenvalue weighted by molar-refractivity contribution is 5.96. The monoisotopic (exact) mass is 656 g/mol. The summed E-state index contributed by atoms with van der Waals surface area (Å²) in [5.74, 6) is -8.59. The Hall–Kier alpha value is -5.01. The number of guanidine groups is 1. The molecule has 0 aliphatic carbocycles. The van der Waals surface area contributed by atoms with Crippen molar-refractivity contribution in [3.63, 3.8) is 0 Å². The average Bonchev–Trinajstić information content (AvgIpc) is 3.44. The Morgan fingerprint density at radius 1 is 0.913 bits per heavy atom. The van der Waals surface area contributed by atoms with Crippen LogP contribution in [0.4, 0.5) is 0 Å². The molecule has 5 unspecified atom stereocenters. The van der Waals surface area contributed by atoms with Crippen molar-refractivity contribution in [2.24, 2.45) is 33.8 Å². The topological polar surface area (TPSA) is 345 Å². The Bertz CT molecular complexity index is 1190. The molecule has 1 aliphatic rings. The van der Waals surface area contributed by atoms with E-state index in [9.17, 15) is 48.6 Å². The van der Waals surface area contributed by atoms with E-state index in [1.807, 2.05) is 0 Å². The third-order valence-electron chi connectivity index (χ3n) is 6.84. The van der Waals surface area contributed by atoms with Gasteiger partial charge in [-0.3, -0.25) is 38.6 Å². The van der Waals surface area contributed by atoms with Crippen LogP contribution in [0.1, 0.15) is 52.4 Å². The van der Waals surface area contributed by atoms with E-state index in [0.29, 0.717) is 6.42 Å². The van der Waals surface area contributed by atoms with Crippen LogP contribution in [0.2, 0.25) is 0 Å². The van der Waals surface area contributed by atoms with Gasteiger partial charge < -0.3 is 59.3 Å². The Morgan fingerprint density at radius 3 is 2.11 bits per heavy atom. The van der Waals surface area contributed by atoms with E-state index in [0.717, 1.165) is 0 Å². The molecule has 1 aliphatic heterocycles. The van der Waals surface area contributed by atoms with Crippen molar-refractivity contribution in [2.75, 3.05) is 19.6 Å². The number of nitrogens with zero attached hydrogens (tertiary/aromatic N) is 2. The summed E-state index contributed by atoms with van der Waals surface area (Å²) >= 11 is 0. The summed E-state index contributed by atoms with van der Waals surface area (Å²) in [5.41, 5.74) is 21.5. The van der Waals surface area contributed by atoms with Gasteiger partial charge in [-0.2, -0.15) is 0 Å². The lowest BCUT2D eigenvalue weighted by Gasteiger charge is -2.28. The Morgan fingerprint density at radius 2 is 1.57 bits per heavy atom. The zero-order valence-corrected chi connectivity index (χ0v) is 25.7. The lowest BCUT2D eigenvalue weighted by atomic mass is 10.0. The lowest BCUT2D eigenvalue weighted by molar-refractivity contribution is -0.144. The molecule has 5 atom stereocenters. The van der Waals surface area contributed by atoms with E-state index in [2.05, 4.69) is 26.3 Å². The van der Waals surface area contributed by atoms with E-state index < -0.39 is 103 Å². The van der Waals surface area contributed by atoms with E-state index in [4.69, 9.17) is 22.9 Å². The molecule has 1 saturated heterocycles. The van der Waals surface area contributed by atoms with Crippen LogP contribution in [-0.2, 0) is 38.4 Å². The van der Waals surface area contributed by atoms with Crippen LogP contribution in [0.25, 0.3) is 0 Å². The van der Waals surface area contributed by atoms with Gasteiger partial charge in [-0.1, -0.05) is 13.8 Å². The second-order valence-electron chi connectivity index (χ2n) is 11.0. The van der Waals surface area contributed by atoms with Gasteiger partial charge >= 0.3 is 11.9 Å². The number of aliphatic carboxylic acids is 2. The first-order valence-corrected chi connectivity index (χ1v) is 14.5. The molecule has 14 N–H and O–H groups in total. The molecule has 0 aromatic heterocycles. The van der Waals surface area contributed by atoms with Gasteiger partial charge in [0.25, 0.3) is 0 Å². The number of nitrogens with one attached hydrogen (secondary N) is 4. The first kappa shape index (κ1) is 39.0. The van der Waals surface area contributed by atoms with E-state index >= 15 is 0 Å². The predicted molar refractivity (Wildman–Crippen MR) is 160 cm³/mol. The number of likely N-dealkylation sites (tertiary alicyclic amines) is 1. The maximum atomic E-state index is 13.2. The van der Waals surface area contributed by atoms with Gasteiger partial charge in [-0.15, -0.1) is 0 Å². The molecule has 258 valence electrons. The second kappa shape index (κ2) is 18.7. The van der Waals surface area contributed by atoms with Gasteiger partial charge in [0.2, 0.25) is 35.4 Å². The van der Waals surface area contributed by atoms with Crippen molar-refractivity contribution in [3.05, 3.63) is 0 Å². The lowest BCUT2D eigenvalue weighted by Crippen LogP contribution is -2.57. The third-order valence-corrected chi connectivity index (χ3v) is 6.84. The van der Waals surface area contributed by atoms with Gasteiger partial charge in [0.15, 0.2) is 5.96 Å². The van der Waals surface area contributed by atoms with Crippen molar-refractivity contribution in [1.82, 2.24) is 26.2 Å². The van der Waals surface area contributed by atoms with E-state index in [1.54, 1.807) is 0 Å². The summed E-state index contributed by atoms with van der Waals surface area (Å²) in [6.45, 7) is 2.57. The number of aliphatic imine (C=N–C) groups is 1. The maximum Gasteiger partial charge on any atom is 0.326 e. The molecule has 20 heteroatoms. The van der Waals surface area contributed by atoms with Crippen molar-refractivity contribution in [1.29, 1.82) is 0 Å². The van der Waals surface area contributed by atoms with Crippen LogP contribution in [0.15, 0.2) is 4.99 Å². The molecule has 0 aromatic rings. The summed E-state index contributed by atoms with van der Waals surface area (Å²) in [6.07, 6.45) is -0.399. The van der Waals surface area contributed by atoms with Crippen LogP contribution in [0.3, 0.4) is 0 Å². The van der Waals surface area contributed by atoms with Gasteiger partial charge in [0, 0.05) is 13.1 Å². The minimum Gasteiger partial charge on any atom is -0.481 e. The number of rotatable bonds is 19. The van der Waals surface area contributed by atoms with Crippen LogP contribution >= 0.6 is 0 Å². The van der Waals surface area contributed by atoms with Gasteiger partial charge in [-0.05, 0) is 31.6 Å². The fraction of sp³-hybridized carbons (Fsp3) is 0.654. The number of hydrogen-bond donors (Lipinski definition) is 10. The highest BCUT2D eigenvalue weighted by Crippen LogP contribution is 2.19. The maximum absolute atomic E-state index is 13.2. The molecular weight excluding hydrogens is 612 g/mol. The van der Waals surface area contributed by atoms with Gasteiger partial charge in [0.1, 0.15) is 24.2 Å². The predicted octanol–water partition coefficient (Wildman–Crippen LogP) is -4.98. The molecule has 0 spiro atoms. The smallest absolute Gasteiger partial charge is 0.326 e. The average molecular weight is 657 g/mol. The van der Waals surface area contributed by atoms with Crippen molar-refractivity contribution >= 4 is 53.3 Å². The second-order valence-corrected chi connectivity index (χ2v) is 11.0. The van der Waals surface area contributed by atoms with Crippen molar-refractivity contribution in [3.8, 4) is 0 Å². The molecule has 0 radical (unpaired) electrons. The summed E-state index contributed by atoms with van der Waals surface area (Å²) < 4.78 is 0. The molecule has 0 bridgehead atoms. The molecule has 46 heavy (non-hydrogen) atoms. The quantitative estimate of drug-likeness (QED) is 0.0354. The molecule has 1 rings (SSSR count). The number of carboxylic acid groups (broad SMARTS) is 2. The summed E-state index contributed by atoms with van der Waals surface area (Å²) in [5, 5.41) is 27.7. The highest BCUT2D eigenvalue weighted by atomic mass is 16.4. The van der Waals surface area contributed by atoms with Crippen LogP contribution in [-0.4, -0.2) is 118 Å². The molecule has 6 amide bonds. The van der Waals surface area contributed by atoms with Gasteiger partial charge in [-0.25, -0.2) is 4.79 Å². The molecule has 1 heterocycles. The molecular formula is C26H44N10O10. The van der Waals surface area contributed by atoms with Crippen molar-refractivity contribution in [2.45, 2.75) is 82.6 Å². The largest absolute Gasteiger partial charge is 0.481 e.